The van der Waals surface area contributed by atoms with Crippen molar-refractivity contribution in [1.29, 1.82) is 0 Å². The number of aromatic hydroxyl groups is 1. The molecule has 130 valence electrons. The Kier molecular flexibility index (Phi) is 3.31. The zero-order valence-corrected chi connectivity index (χ0v) is 14.3. The Morgan fingerprint density at radius 2 is 2.16 bits per heavy atom. The van der Waals surface area contributed by atoms with E-state index in [9.17, 15) is 9.90 Å². The molecule has 0 spiro atoms. The fourth-order valence-electron chi connectivity index (χ4n) is 3.66. The molecule has 1 aromatic heterocycles. The van der Waals surface area contributed by atoms with Crippen LogP contribution in [0.15, 0.2) is 29.5 Å². The Bertz CT molecular complexity index is 899. The number of hydrogen-bond donors (Lipinski definition) is 2. The van der Waals surface area contributed by atoms with Crippen molar-refractivity contribution < 1.29 is 14.6 Å². The standard InChI is InChI=1S/C17H19N5O3/c1-17(2)7-10-14(12(24)8-17)15(22-16(18-10)19-20-21-22)9-4-5-13(25-3)11(23)6-9/h4-6,15,23H,7-8H2,1-3H3,(H,18,19,21)/t15-/m0/s1. The number of nitrogens with zero attached hydrogens (tertiary/aromatic N) is 4. The fraction of sp³-hybridized carbons (Fsp3) is 0.412. The molecule has 1 aliphatic carbocycles. The maximum Gasteiger partial charge on any atom is 0.248 e. The summed E-state index contributed by atoms with van der Waals surface area (Å²) in [4.78, 5) is 12.9. The number of methoxy groups -OCH3 is 1. The number of benzene rings is 1. The molecule has 8 nitrogen and oxygen atoms in total. The van der Waals surface area contributed by atoms with Gasteiger partial charge in [-0.3, -0.25) is 4.79 Å². The third-order valence-corrected chi connectivity index (χ3v) is 4.71. The van der Waals surface area contributed by atoms with Crippen LogP contribution in [0.25, 0.3) is 0 Å². The number of tetrazole rings is 1. The normalized spacial score (nSPS) is 21.4. The molecule has 0 bridgehead atoms. The molecule has 0 saturated carbocycles. The van der Waals surface area contributed by atoms with E-state index in [4.69, 9.17) is 4.74 Å². The highest BCUT2D eigenvalue weighted by Crippen LogP contribution is 2.45. The van der Waals surface area contributed by atoms with E-state index in [1.165, 1.54) is 7.11 Å². The van der Waals surface area contributed by atoms with Gasteiger partial charge in [0.2, 0.25) is 5.95 Å². The molecule has 1 atom stereocenters. The van der Waals surface area contributed by atoms with Crippen LogP contribution in [0.3, 0.4) is 0 Å². The summed E-state index contributed by atoms with van der Waals surface area (Å²) in [5, 5.41) is 25.1. The molecular formula is C17H19N5O3. The second-order valence-corrected chi connectivity index (χ2v) is 7.24. The third-order valence-electron chi connectivity index (χ3n) is 4.71. The molecule has 0 radical (unpaired) electrons. The Morgan fingerprint density at radius 3 is 2.88 bits per heavy atom. The second-order valence-electron chi connectivity index (χ2n) is 7.24. The van der Waals surface area contributed by atoms with Crippen molar-refractivity contribution >= 4 is 11.7 Å². The molecule has 1 aliphatic heterocycles. The van der Waals surface area contributed by atoms with E-state index in [0.717, 1.165) is 17.7 Å². The first kappa shape index (κ1) is 15.6. The van der Waals surface area contributed by atoms with Crippen molar-refractivity contribution in [1.82, 2.24) is 20.2 Å². The minimum Gasteiger partial charge on any atom is -0.504 e. The number of fused-ring (bicyclic) bond motifs is 1. The van der Waals surface area contributed by atoms with E-state index in [-0.39, 0.29) is 16.9 Å². The number of ether oxygens (including phenoxy) is 1. The predicted molar refractivity (Wildman–Crippen MR) is 89.3 cm³/mol. The number of anilines is 1. The Morgan fingerprint density at radius 1 is 1.36 bits per heavy atom. The molecule has 1 aromatic carbocycles. The first-order valence-electron chi connectivity index (χ1n) is 8.08. The van der Waals surface area contributed by atoms with Crippen molar-refractivity contribution in [2.24, 2.45) is 5.41 Å². The summed E-state index contributed by atoms with van der Waals surface area (Å²) in [7, 11) is 1.49. The highest BCUT2D eigenvalue weighted by atomic mass is 16.5. The maximum absolute atomic E-state index is 12.9. The van der Waals surface area contributed by atoms with Gasteiger partial charge in [0, 0.05) is 17.7 Å². The number of allylic oxidation sites excluding steroid dienone is 2. The summed E-state index contributed by atoms with van der Waals surface area (Å²) in [6.07, 6.45) is 1.20. The van der Waals surface area contributed by atoms with Gasteiger partial charge < -0.3 is 15.2 Å². The van der Waals surface area contributed by atoms with E-state index in [1.807, 2.05) is 6.07 Å². The van der Waals surface area contributed by atoms with Crippen LogP contribution in [-0.2, 0) is 4.79 Å². The Labute approximate surface area is 144 Å². The maximum atomic E-state index is 12.9. The van der Waals surface area contributed by atoms with Crippen molar-refractivity contribution in [2.45, 2.75) is 32.7 Å². The average molecular weight is 341 g/mol. The van der Waals surface area contributed by atoms with Crippen molar-refractivity contribution in [3.8, 4) is 11.5 Å². The molecule has 2 aliphatic rings. The van der Waals surface area contributed by atoms with Gasteiger partial charge in [0.05, 0.1) is 7.11 Å². The molecule has 2 aromatic rings. The van der Waals surface area contributed by atoms with Gasteiger partial charge in [-0.2, -0.15) is 4.68 Å². The van der Waals surface area contributed by atoms with Crippen LogP contribution in [0.2, 0.25) is 0 Å². The van der Waals surface area contributed by atoms with Crippen LogP contribution in [0.5, 0.6) is 11.5 Å². The summed E-state index contributed by atoms with van der Waals surface area (Å²) in [6.45, 7) is 4.14. The molecule has 25 heavy (non-hydrogen) atoms. The van der Waals surface area contributed by atoms with Gasteiger partial charge in [-0.1, -0.05) is 25.0 Å². The lowest BCUT2D eigenvalue weighted by molar-refractivity contribution is -0.118. The van der Waals surface area contributed by atoms with Gasteiger partial charge in [-0.05, 0) is 40.0 Å². The third kappa shape index (κ3) is 2.45. The van der Waals surface area contributed by atoms with Gasteiger partial charge in [0.1, 0.15) is 6.04 Å². The summed E-state index contributed by atoms with van der Waals surface area (Å²) >= 11 is 0. The van der Waals surface area contributed by atoms with Gasteiger partial charge in [-0.25, -0.2) is 0 Å². The Balaban J connectivity index is 1.88. The van der Waals surface area contributed by atoms with Gasteiger partial charge in [0.25, 0.3) is 0 Å². The molecular weight excluding hydrogens is 322 g/mol. The van der Waals surface area contributed by atoms with Crippen LogP contribution < -0.4 is 10.1 Å². The van der Waals surface area contributed by atoms with Crippen molar-refractivity contribution in [3.05, 3.63) is 35.0 Å². The lowest BCUT2D eigenvalue weighted by atomic mass is 9.73. The monoisotopic (exact) mass is 341 g/mol. The van der Waals surface area contributed by atoms with E-state index in [0.29, 0.717) is 23.7 Å². The van der Waals surface area contributed by atoms with E-state index >= 15 is 0 Å². The molecule has 0 fully saturated rings. The molecule has 0 amide bonds. The van der Waals surface area contributed by atoms with Gasteiger partial charge in [0.15, 0.2) is 17.3 Å². The summed E-state index contributed by atoms with van der Waals surface area (Å²) in [5.41, 5.74) is 2.12. The molecule has 4 rings (SSSR count). The quantitative estimate of drug-likeness (QED) is 0.862. The zero-order valence-electron chi connectivity index (χ0n) is 14.3. The van der Waals surface area contributed by atoms with Crippen LogP contribution in [0.4, 0.5) is 5.95 Å². The minimum absolute atomic E-state index is 0.0129. The molecule has 2 heterocycles. The largest absolute Gasteiger partial charge is 0.504 e. The number of ketones is 1. The lowest BCUT2D eigenvalue weighted by Crippen LogP contribution is -2.36. The number of aromatic nitrogens is 4. The number of carbonyl (C=O) groups is 1. The first-order valence-corrected chi connectivity index (χ1v) is 8.08. The molecule has 0 saturated heterocycles. The SMILES string of the molecule is COc1ccc([C@H]2C3=C(CC(C)(C)CC3=O)Nc3nnnn32)cc1O. The van der Waals surface area contributed by atoms with Crippen LogP contribution >= 0.6 is 0 Å². The fourth-order valence-corrected chi connectivity index (χ4v) is 3.66. The van der Waals surface area contributed by atoms with Crippen molar-refractivity contribution in [3.63, 3.8) is 0 Å². The summed E-state index contributed by atoms with van der Waals surface area (Å²) in [5.74, 6) is 0.948. The molecule has 2 N–H and O–H groups in total. The number of phenols is 1. The van der Waals surface area contributed by atoms with Gasteiger partial charge in [-0.15, -0.1) is 0 Å². The summed E-state index contributed by atoms with van der Waals surface area (Å²) in [6, 6.07) is 4.62. The highest BCUT2D eigenvalue weighted by Gasteiger charge is 2.41. The smallest absolute Gasteiger partial charge is 0.248 e. The minimum atomic E-state index is -0.471. The predicted octanol–water partition coefficient (Wildman–Crippen LogP) is 2.05. The van der Waals surface area contributed by atoms with Crippen LogP contribution in [-0.4, -0.2) is 38.2 Å². The molecule has 8 heteroatoms. The topological polar surface area (TPSA) is 102 Å². The summed E-state index contributed by atoms with van der Waals surface area (Å²) < 4.78 is 6.69. The number of rotatable bonds is 2. The van der Waals surface area contributed by atoms with Gasteiger partial charge >= 0.3 is 0 Å². The van der Waals surface area contributed by atoms with E-state index < -0.39 is 6.04 Å². The number of hydrogen-bond acceptors (Lipinski definition) is 7. The lowest BCUT2D eigenvalue weighted by Gasteiger charge is -2.37. The number of carbonyl (C=O) groups excluding carboxylic acids is 1. The average Bonchev–Trinajstić information content (AvgIpc) is 2.99. The first-order chi connectivity index (χ1) is 11.9. The molecule has 0 unspecified atom stereocenters. The van der Waals surface area contributed by atoms with E-state index in [1.54, 1.807) is 16.8 Å². The van der Waals surface area contributed by atoms with Crippen LogP contribution in [0, 0.1) is 5.41 Å². The zero-order chi connectivity index (χ0) is 17.8. The van der Waals surface area contributed by atoms with E-state index in [2.05, 4.69) is 34.7 Å². The van der Waals surface area contributed by atoms with Crippen molar-refractivity contribution in [2.75, 3.05) is 12.4 Å². The second kappa shape index (κ2) is 5.30. The highest BCUT2D eigenvalue weighted by molar-refractivity contribution is 6.00. The number of phenolic OH excluding ortho intramolecular Hbond substituents is 1. The Hall–Kier alpha value is -2.90. The number of nitrogens with one attached hydrogen (secondary N) is 1. The number of Topliss-reactive ketones (excluding diaryl/α,β-unsaturated/α-hetero) is 1. The van der Waals surface area contributed by atoms with Crippen LogP contribution in [0.1, 0.15) is 38.3 Å².